The molecule has 25 heavy (non-hydrogen) atoms. The van der Waals surface area contributed by atoms with Crippen molar-refractivity contribution in [3.8, 4) is 0 Å². The van der Waals surface area contributed by atoms with E-state index in [1.807, 2.05) is 0 Å². The largest absolute Gasteiger partial charge is 0.478 e. The summed E-state index contributed by atoms with van der Waals surface area (Å²) in [5, 5.41) is 9.21. The van der Waals surface area contributed by atoms with E-state index in [-0.39, 0.29) is 21.2 Å². The van der Waals surface area contributed by atoms with Crippen molar-refractivity contribution >= 4 is 35.2 Å². The molecule has 0 unspecified atom stereocenters. The Bertz CT molecular complexity index is 830. The van der Waals surface area contributed by atoms with E-state index in [9.17, 15) is 18.0 Å². The van der Waals surface area contributed by atoms with Gasteiger partial charge >= 0.3 is 12.1 Å². The van der Waals surface area contributed by atoms with Crippen LogP contribution in [0.4, 0.5) is 13.2 Å². The van der Waals surface area contributed by atoms with Gasteiger partial charge in [-0.15, -0.1) is 0 Å². The maximum Gasteiger partial charge on any atom is 0.399 e. The molecule has 0 saturated heterocycles. The van der Waals surface area contributed by atoms with Crippen LogP contribution in [0.25, 0.3) is 6.08 Å². The van der Waals surface area contributed by atoms with Crippen molar-refractivity contribution < 1.29 is 23.1 Å². The number of benzene rings is 2. The van der Waals surface area contributed by atoms with E-state index in [0.717, 1.165) is 6.08 Å². The van der Waals surface area contributed by atoms with Crippen LogP contribution in [0.3, 0.4) is 0 Å². The number of alkyl halides is 3. The molecule has 0 aliphatic rings. The highest BCUT2D eigenvalue weighted by molar-refractivity contribution is 6.42. The lowest BCUT2D eigenvalue weighted by Crippen LogP contribution is -2.18. The van der Waals surface area contributed by atoms with Crippen LogP contribution in [0.15, 0.2) is 42.5 Å². The minimum atomic E-state index is -4.51. The van der Waals surface area contributed by atoms with Crippen LogP contribution in [0.1, 0.15) is 33.0 Å². The highest BCUT2D eigenvalue weighted by atomic mass is 35.5. The van der Waals surface area contributed by atoms with Gasteiger partial charge in [-0.3, -0.25) is 0 Å². The van der Waals surface area contributed by atoms with Crippen LogP contribution < -0.4 is 0 Å². The van der Waals surface area contributed by atoms with Gasteiger partial charge in [0.1, 0.15) is 0 Å². The van der Waals surface area contributed by atoms with Gasteiger partial charge in [-0.2, -0.15) is 13.2 Å². The number of aryl methyl sites for hydroxylation is 1. The average molecular weight is 389 g/mol. The number of rotatable bonds is 4. The Kier molecular flexibility index (Phi) is 5.80. The van der Waals surface area contributed by atoms with E-state index in [2.05, 4.69) is 0 Å². The maximum atomic E-state index is 13.4. The number of carboxylic acids is 1. The topological polar surface area (TPSA) is 37.3 Å². The number of hydrogen-bond acceptors (Lipinski definition) is 1. The minimum absolute atomic E-state index is 0.0305. The van der Waals surface area contributed by atoms with Crippen molar-refractivity contribution in [2.45, 2.75) is 19.0 Å². The summed E-state index contributed by atoms with van der Waals surface area (Å²) >= 11 is 11.6. The third-order valence-electron chi connectivity index (χ3n) is 3.62. The van der Waals surface area contributed by atoms with Gasteiger partial charge in [-0.05, 0) is 41.8 Å². The second-order valence-electron chi connectivity index (χ2n) is 5.43. The summed E-state index contributed by atoms with van der Waals surface area (Å²) in [6.45, 7) is 1.58. The first kappa shape index (κ1) is 19.3. The number of carboxylic acid groups (broad SMARTS) is 1. The molecule has 0 saturated carbocycles. The molecule has 0 aromatic heterocycles. The zero-order valence-corrected chi connectivity index (χ0v) is 14.5. The van der Waals surface area contributed by atoms with E-state index in [1.165, 1.54) is 42.5 Å². The Hall–Kier alpha value is -1.98. The van der Waals surface area contributed by atoms with Crippen LogP contribution in [0, 0.1) is 6.92 Å². The van der Waals surface area contributed by atoms with Crippen LogP contribution in [0.2, 0.25) is 10.0 Å². The van der Waals surface area contributed by atoms with Crippen molar-refractivity contribution in [2.75, 3.05) is 0 Å². The van der Waals surface area contributed by atoms with Gasteiger partial charge in [-0.25, -0.2) is 4.79 Å². The standard InChI is InChI=1S/C18H13Cl2F3O2/c1-10-8-11(2-5-13(10)17(24)25)3-6-14(18(21,22)23)12-4-7-15(19)16(20)9-12/h2-9,14H,1H3,(H,24,25)/t14-/m1/s1. The molecule has 1 N–H and O–H groups in total. The maximum absolute atomic E-state index is 13.4. The number of hydrogen-bond donors (Lipinski definition) is 1. The molecule has 0 heterocycles. The van der Waals surface area contributed by atoms with Crippen LogP contribution in [-0.4, -0.2) is 17.3 Å². The summed E-state index contributed by atoms with van der Waals surface area (Å²) in [6, 6.07) is 8.11. The third kappa shape index (κ3) is 4.77. The molecule has 2 nitrogen and oxygen atoms in total. The van der Waals surface area contributed by atoms with Gasteiger partial charge in [0.25, 0.3) is 0 Å². The monoisotopic (exact) mass is 388 g/mol. The Morgan fingerprint density at radius 2 is 1.80 bits per heavy atom. The molecule has 0 bridgehead atoms. The smallest absolute Gasteiger partial charge is 0.399 e. The van der Waals surface area contributed by atoms with Crippen LogP contribution >= 0.6 is 23.2 Å². The first-order valence-electron chi connectivity index (χ1n) is 7.13. The number of allylic oxidation sites excluding steroid dienone is 1. The lowest BCUT2D eigenvalue weighted by molar-refractivity contribution is -0.139. The summed E-state index contributed by atoms with van der Waals surface area (Å²) in [7, 11) is 0. The molecule has 0 aliphatic carbocycles. The van der Waals surface area contributed by atoms with E-state index in [0.29, 0.717) is 11.1 Å². The van der Waals surface area contributed by atoms with E-state index in [4.69, 9.17) is 28.3 Å². The number of carbonyl (C=O) groups is 1. The quantitative estimate of drug-likeness (QED) is 0.661. The summed E-state index contributed by atoms with van der Waals surface area (Å²) in [5.74, 6) is -2.95. The molecule has 1 atom stereocenters. The van der Waals surface area contributed by atoms with Crippen molar-refractivity contribution in [3.63, 3.8) is 0 Å². The molecular formula is C18H13Cl2F3O2. The van der Waals surface area contributed by atoms with E-state index in [1.54, 1.807) is 6.92 Å². The molecule has 2 rings (SSSR count). The van der Waals surface area contributed by atoms with Crippen molar-refractivity contribution in [2.24, 2.45) is 0 Å². The lowest BCUT2D eigenvalue weighted by Gasteiger charge is -2.18. The van der Waals surface area contributed by atoms with Gasteiger partial charge in [0, 0.05) is 0 Å². The van der Waals surface area contributed by atoms with Crippen LogP contribution in [0.5, 0.6) is 0 Å². The zero-order chi connectivity index (χ0) is 18.8. The molecule has 0 fully saturated rings. The van der Waals surface area contributed by atoms with E-state index < -0.39 is 18.1 Å². The molecular weight excluding hydrogens is 376 g/mol. The average Bonchev–Trinajstić information content (AvgIpc) is 2.49. The van der Waals surface area contributed by atoms with E-state index >= 15 is 0 Å². The third-order valence-corrected chi connectivity index (χ3v) is 4.36. The summed E-state index contributed by atoms with van der Waals surface area (Å²) in [5.41, 5.74) is 1.01. The zero-order valence-electron chi connectivity index (χ0n) is 12.9. The molecule has 2 aromatic rings. The van der Waals surface area contributed by atoms with Gasteiger partial charge < -0.3 is 5.11 Å². The molecule has 0 aliphatic heterocycles. The van der Waals surface area contributed by atoms with Gasteiger partial charge in [0.15, 0.2) is 0 Å². The predicted octanol–water partition coefficient (Wildman–Crippen LogP) is 6.36. The second-order valence-corrected chi connectivity index (χ2v) is 6.25. The fourth-order valence-electron chi connectivity index (χ4n) is 2.35. The molecule has 0 radical (unpaired) electrons. The normalized spacial score (nSPS) is 13.2. The first-order valence-corrected chi connectivity index (χ1v) is 7.89. The van der Waals surface area contributed by atoms with Crippen molar-refractivity contribution in [1.29, 1.82) is 0 Å². The molecule has 2 aromatic carbocycles. The number of halogens is 5. The predicted molar refractivity (Wildman–Crippen MR) is 92.4 cm³/mol. The van der Waals surface area contributed by atoms with Gasteiger partial charge in [0.05, 0.1) is 21.5 Å². The Labute approximate surface area is 152 Å². The van der Waals surface area contributed by atoms with Gasteiger partial charge in [0.2, 0.25) is 0 Å². The first-order chi connectivity index (χ1) is 11.6. The minimum Gasteiger partial charge on any atom is -0.478 e. The Balaban J connectivity index is 2.37. The molecule has 7 heteroatoms. The highest BCUT2D eigenvalue weighted by Crippen LogP contribution is 2.38. The molecule has 132 valence electrons. The van der Waals surface area contributed by atoms with Gasteiger partial charge in [-0.1, -0.05) is 53.6 Å². The Morgan fingerprint density at radius 1 is 1.12 bits per heavy atom. The summed E-state index contributed by atoms with van der Waals surface area (Å²) in [6.07, 6.45) is -2.20. The highest BCUT2D eigenvalue weighted by Gasteiger charge is 2.39. The lowest BCUT2D eigenvalue weighted by atomic mass is 9.96. The van der Waals surface area contributed by atoms with Crippen LogP contribution in [-0.2, 0) is 0 Å². The molecule has 0 spiro atoms. The SMILES string of the molecule is Cc1cc(C=C[C@H](c2ccc(Cl)c(Cl)c2)C(F)(F)F)ccc1C(=O)O. The Morgan fingerprint density at radius 3 is 2.32 bits per heavy atom. The molecule has 0 amide bonds. The van der Waals surface area contributed by atoms with Crippen molar-refractivity contribution in [1.82, 2.24) is 0 Å². The van der Waals surface area contributed by atoms with Crippen molar-refractivity contribution in [3.05, 3.63) is 74.8 Å². The fraction of sp³-hybridized carbons (Fsp3) is 0.167. The number of aromatic carboxylic acids is 1. The summed E-state index contributed by atoms with van der Waals surface area (Å²) in [4.78, 5) is 11.0. The summed E-state index contributed by atoms with van der Waals surface area (Å²) < 4.78 is 40.2. The fourth-order valence-corrected chi connectivity index (χ4v) is 2.66. The second kappa shape index (κ2) is 7.50.